The second-order valence-electron chi connectivity index (χ2n) is 8.34. The number of carbonyl (C=O) groups is 3. The van der Waals surface area contributed by atoms with E-state index in [1.54, 1.807) is 48.7 Å². The number of methoxy groups -OCH3 is 1. The summed E-state index contributed by atoms with van der Waals surface area (Å²) in [5.41, 5.74) is -0.167. The molecule has 146 valence electrons. The highest BCUT2D eigenvalue weighted by molar-refractivity contribution is 6.24. The summed E-state index contributed by atoms with van der Waals surface area (Å²) in [7, 11) is 1.55. The standard InChI is InChI=1S/C21H23N3O4/c1-21(2,3)18(25)17-16-15(14-6-5-11-22-24(14)17)19(26)23(20(16)27)12-7-9-13(28-4)10-8-12/h5-11,14-17H,1-4H3/t14-,15-,16+,17-/m1/s1. The van der Waals surface area contributed by atoms with Crippen LogP contribution in [-0.4, -0.2) is 48.0 Å². The van der Waals surface area contributed by atoms with Crippen molar-refractivity contribution in [2.75, 3.05) is 12.0 Å². The minimum absolute atomic E-state index is 0.0878. The molecule has 2 saturated heterocycles. The number of allylic oxidation sites excluding steroid dienone is 1. The molecule has 28 heavy (non-hydrogen) atoms. The van der Waals surface area contributed by atoms with Gasteiger partial charge in [0.25, 0.3) is 0 Å². The monoisotopic (exact) mass is 381 g/mol. The molecule has 4 rings (SSSR count). The summed E-state index contributed by atoms with van der Waals surface area (Å²) in [4.78, 5) is 41.0. The Labute approximate surface area is 163 Å². The molecule has 3 heterocycles. The maximum absolute atomic E-state index is 13.4. The van der Waals surface area contributed by atoms with Crippen molar-refractivity contribution in [1.29, 1.82) is 0 Å². The van der Waals surface area contributed by atoms with E-state index in [9.17, 15) is 14.4 Å². The van der Waals surface area contributed by atoms with Gasteiger partial charge in [-0.15, -0.1) is 0 Å². The number of ketones is 1. The minimum Gasteiger partial charge on any atom is -0.497 e. The number of imide groups is 1. The lowest BCUT2D eigenvalue weighted by atomic mass is 9.80. The van der Waals surface area contributed by atoms with Gasteiger partial charge in [0.2, 0.25) is 11.8 Å². The van der Waals surface area contributed by atoms with E-state index in [4.69, 9.17) is 4.74 Å². The molecule has 0 aromatic heterocycles. The molecule has 3 aliphatic heterocycles. The zero-order chi connectivity index (χ0) is 20.2. The quantitative estimate of drug-likeness (QED) is 0.749. The average molecular weight is 381 g/mol. The van der Waals surface area contributed by atoms with E-state index in [2.05, 4.69) is 5.10 Å². The van der Waals surface area contributed by atoms with Crippen LogP contribution < -0.4 is 9.64 Å². The molecule has 4 atom stereocenters. The third-order valence-electron chi connectivity index (χ3n) is 5.63. The lowest BCUT2D eigenvalue weighted by Crippen LogP contribution is -2.49. The normalized spacial score (nSPS) is 28.6. The average Bonchev–Trinajstić information content (AvgIpc) is 3.14. The third kappa shape index (κ3) is 2.57. The van der Waals surface area contributed by atoms with Crippen LogP contribution in [-0.2, 0) is 14.4 Å². The number of hydrogen-bond donors (Lipinski definition) is 0. The number of nitrogens with zero attached hydrogens (tertiary/aromatic N) is 3. The number of anilines is 1. The van der Waals surface area contributed by atoms with Gasteiger partial charge in [0.15, 0.2) is 5.78 Å². The number of hydrogen-bond acceptors (Lipinski definition) is 6. The Bertz CT molecular complexity index is 897. The van der Waals surface area contributed by atoms with Crippen LogP contribution in [0.2, 0.25) is 0 Å². The summed E-state index contributed by atoms with van der Waals surface area (Å²) in [5, 5.41) is 5.98. The van der Waals surface area contributed by atoms with Gasteiger partial charge in [0, 0.05) is 11.6 Å². The van der Waals surface area contributed by atoms with E-state index in [1.807, 2.05) is 26.8 Å². The van der Waals surface area contributed by atoms with Crippen LogP contribution in [0.5, 0.6) is 5.75 Å². The molecule has 1 aromatic rings. The Kier molecular flexibility index (Phi) is 4.14. The number of Topliss-reactive ketones (excluding diaryl/α,β-unsaturated/α-hetero) is 1. The predicted molar refractivity (Wildman–Crippen MR) is 104 cm³/mol. The number of rotatable bonds is 3. The summed E-state index contributed by atoms with van der Waals surface area (Å²) in [6.07, 6.45) is 5.20. The van der Waals surface area contributed by atoms with Crippen molar-refractivity contribution in [2.45, 2.75) is 32.9 Å². The van der Waals surface area contributed by atoms with E-state index < -0.39 is 29.3 Å². The molecule has 0 bridgehead atoms. The minimum atomic E-state index is -0.754. The Morgan fingerprint density at radius 2 is 1.71 bits per heavy atom. The maximum atomic E-state index is 13.4. The van der Waals surface area contributed by atoms with Gasteiger partial charge in [-0.1, -0.05) is 26.8 Å². The van der Waals surface area contributed by atoms with Crippen LogP contribution in [0.15, 0.2) is 41.5 Å². The van der Waals surface area contributed by atoms with Crippen LogP contribution in [0.25, 0.3) is 0 Å². The number of carbonyl (C=O) groups excluding carboxylic acids is 3. The zero-order valence-corrected chi connectivity index (χ0v) is 16.3. The number of benzene rings is 1. The van der Waals surface area contributed by atoms with Gasteiger partial charge < -0.3 is 4.74 Å². The molecule has 0 saturated carbocycles. The number of ether oxygens (including phenoxy) is 1. The van der Waals surface area contributed by atoms with Gasteiger partial charge in [-0.25, -0.2) is 4.90 Å². The summed E-state index contributed by atoms with van der Waals surface area (Å²) in [5.74, 6) is -1.46. The molecule has 0 radical (unpaired) electrons. The SMILES string of the molecule is COc1ccc(N2C(=O)[C@H]3[C@H](C2=O)[C@H](C(=O)C(C)(C)C)N2N=CC=C[C@H]32)cc1. The van der Waals surface area contributed by atoms with Crippen molar-refractivity contribution in [3.8, 4) is 5.75 Å². The van der Waals surface area contributed by atoms with Crippen LogP contribution in [0, 0.1) is 17.3 Å². The molecule has 0 N–H and O–H groups in total. The van der Waals surface area contributed by atoms with Gasteiger partial charge in [0.1, 0.15) is 11.8 Å². The summed E-state index contributed by atoms with van der Waals surface area (Å²) in [6, 6.07) is 5.63. The van der Waals surface area contributed by atoms with E-state index in [1.165, 1.54) is 4.90 Å². The smallest absolute Gasteiger partial charge is 0.240 e. The Hall–Kier alpha value is -2.96. The molecular formula is C21H23N3O4. The fourth-order valence-corrected chi connectivity index (χ4v) is 4.27. The van der Waals surface area contributed by atoms with Gasteiger partial charge in [0.05, 0.1) is 30.7 Å². The largest absolute Gasteiger partial charge is 0.497 e. The predicted octanol–water partition coefficient (Wildman–Crippen LogP) is 2.02. The van der Waals surface area contributed by atoms with Crippen LogP contribution in [0.1, 0.15) is 20.8 Å². The van der Waals surface area contributed by atoms with Gasteiger partial charge >= 0.3 is 0 Å². The van der Waals surface area contributed by atoms with Crippen molar-refractivity contribution in [2.24, 2.45) is 22.4 Å². The number of fused-ring (bicyclic) bond motifs is 3. The Morgan fingerprint density at radius 1 is 1.07 bits per heavy atom. The van der Waals surface area contributed by atoms with Gasteiger partial charge in [-0.3, -0.25) is 19.4 Å². The van der Waals surface area contributed by atoms with Crippen LogP contribution >= 0.6 is 0 Å². The van der Waals surface area contributed by atoms with E-state index >= 15 is 0 Å². The molecule has 7 heteroatoms. The van der Waals surface area contributed by atoms with Crippen LogP contribution in [0.4, 0.5) is 5.69 Å². The molecule has 2 fully saturated rings. The first-order chi connectivity index (χ1) is 13.3. The highest BCUT2D eigenvalue weighted by atomic mass is 16.5. The first kappa shape index (κ1) is 18.4. The van der Waals surface area contributed by atoms with Crippen LogP contribution in [0.3, 0.4) is 0 Å². The first-order valence-electron chi connectivity index (χ1n) is 9.31. The molecule has 2 amide bonds. The molecular weight excluding hydrogens is 358 g/mol. The highest BCUT2D eigenvalue weighted by Gasteiger charge is 2.64. The van der Waals surface area contributed by atoms with Crippen molar-refractivity contribution >= 4 is 29.5 Å². The molecule has 0 spiro atoms. The fourth-order valence-electron chi connectivity index (χ4n) is 4.27. The topological polar surface area (TPSA) is 79.3 Å². The summed E-state index contributed by atoms with van der Waals surface area (Å²) >= 11 is 0. The molecule has 0 unspecified atom stereocenters. The second-order valence-corrected chi connectivity index (χ2v) is 8.34. The zero-order valence-electron chi connectivity index (χ0n) is 16.3. The number of amides is 2. The highest BCUT2D eigenvalue weighted by Crippen LogP contribution is 2.47. The van der Waals surface area contributed by atoms with Gasteiger partial charge in [-0.05, 0) is 30.3 Å². The van der Waals surface area contributed by atoms with Crippen molar-refractivity contribution in [3.05, 3.63) is 36.4 Å². The Balaban J connectivity index is 1.76. The molecule has 7 nitrogen and oxygen atoms in total. The first-order valence-corrected chi connectivity index (χ1v) is 9.31. The summed E-state index contributed by atoms with van der Waals surface area (Å²) < 4.78 is 5.15. The lowest BCUT2D eigenvalue weighted by Gasteiger charge is -2.33. The molecule has 3 aliphatic rings. The maximum Gasteiger partial charge on any atom is 0.240 e. The lowest BCUT2D eigenvalue weighted by molar-refractivity contribution is -0.136. The van der Waals surface area contributed by atoms with Crippen molar-refractivity contribution in [3.63, 3.8) is 0 Å². The van der Waals surface area contributed by atoms with Crippen molar-refractivity contribution in [1.82, 2.24) is 5.01 Å². The van der Waals surface area contributed by atoms with Crippen molar-refractivity contribution < 1.29 is 19.1 Å². The molecule has 1 aromatic carbocycles. The van der Waals surface area contributed by atoms with E-state index in [0.717, 1.165) is 0 Å². The summed E-state index contributed by atoms with van der Waals surface area (Å²) in [6.45, 7) is 5.47. The fraction of sp³-hybridized carbons (Fsp3) is 0.429. The van der Waals surface area contributed by atoms with E-state index in [0.29, 0.717) is 11.4 Å². The molecule has 0 aliphatic carbocycles. The Morgan fingerprint density at radius 3 is 2.32 bits per heavy atom. The number of hydrazone groups is 1. The second kappa shape index (κ2) is 6.29. The van der Waals surface area contributed by atoms with Gasteiger partial charge in [-0.2, -0.15) is 5.10 Å². The van der Waals surface area contributed by atoms with E-state index in [-0.39, 0.29) is 17.6 Å². The third-order valence-corrected chi connectivity index (χ3v) is 5.63.